The van der Waals surface area contributed by atoms with E-state index in [1.54, 1.807) is 17.1 Å². The summed E-state index contributed by atoms with van der Waals surface area (Å²) in [6, 6.07) is 19.7. The first-order valence-corrected chi connectivity index (χ1v) is 11.9. The van der Waals surface area contributed by atoms with Crippen molar-refractivity contribution in [2.45, 2.75) is 25.3 Å². The molecule has 6 heteroatoms. The second-order valence-corrected chi connectivity index (χ2v) is 9.66. The van der Waals surface area contributed by atoms with Crippen LogP contribution in [0.15, 0.2) is 91.0 Å². The lowest BCUT2D eigenvalue weighted by Crippen LogP contribution is -2.31. The van der Waals surface area contributed by atoms with E-state index in [0.717, 1.165) is 45.0 Å². The number of amides is 1. The molecule has 0 saturated heterocycles. The van der Waals surface area contributed by atoms with Crippen molar-refractivity contribution in [2.75, 3.05) is 0 Å². The van der Waals surface area contributed by atoms with Gasteiger partial charge in [-0.2, -0.15) is 5.10 Å². The van der Waals surface area contributed by atoms with Gasteiger partial charge in [0.25, 0.3) is 0 Å². The van der Waals surface area contributed by atoms with Gasteiger partial charge < -0.3 is 4.42 Å². The van der Waals surface area contributed by atoms with Crippen molar-refractivity contribution in [1.29, 1.82) is 0 Å². The van der Waals surface area contributed by atoms with Crippen LogP contribution < -0.4 is 0 Å². The number of hydrogen-bond donors (Lipinski definition) is 0. The van der Waals surface area contributed by atoms with Gasteiger partial charge in [0, 0.05) is 14.9 Å². The zero-order valence-electron chi connectivity index (χ0n) is 16.7. The number of benzene rings is 2. The second kappa shape index (κ2) is 8.60. The van der Waals surface area contributed by atoms with E-state index in [-0.39, 0.29) is 17.9 Å². The van der Waals surface area contributed by atoms with E-state index in [1.807, 2.05) is 24.3 Å². The Balaban J connectivity index is 1.57. The molecule has 2 heterocycles. The van der Waals surface area contributed by atoms with E-state index >= 15 is 0 Å². The Morgan fingerprint density at radius 2 is 1.74 bits per heavy atom. The maximum absolute atomic E-state index is 13.3. The fourth-order valence-corrected chi connectivity index (χ4v) is 4.96. The molecule has 0 N–H and O–H groups in total. The maximum atomic E-state index is 13.3. The summed E-state index contributed by atoms with van der Waals surface area (Å²) in [5.74, 6) is 0.266. The molecule has 156 valence electrons. The van der Waals surface area contributed by atoms with Gasteiger partial charge in [0.05, 0.1) is 18.0 Å². The minimum Gasteiger partial charge on any atom is -0.459 e. The van der Waals surface area contributed by atoms with E-state index in [0.29, 0.717) is 5.76 Å². The van der Waals surface area contributed by atoms with Crippen molar-refractivity contribution in [3.05, 3.63) is 98.3 Å². The zero-order chi connectivity index (χ0) is 21.4. The number of furan rings is 1. The van der Waals surface area contributed by atoms with Gasteiger partial charge in [-0.1, -0.05) is 56.1 Å². The molecule has 2 atom stereocenters. The average Bonchev–Trinajstić information content (AvgIpc) is 3.44. The molecule has 1 aromatic heterocycles. The normalized spacial score (nSPS) is 21.8. The standard InChI is InChI=1S/C25H20Br2N2O2/c26-19-10-6-16(7-11-19)15-18-3-1-4-21-23(18)28-29(25(30)22-5-2-14-31-22)24(21)17-8-12-20(27)13-9-17/h2,5-15,21,24H,1,3-4H2/b18-15-/t21-,24-/m0/s1. The zero-order valence-corrected chi connectivity index (χ0v) is 19.8. The minimum absolute atomic E-state index is 0.144. The number of halogens is 2. The summed E-state index contributed by atoms with van der Waals surface area (Å²) < 4.78 is 7.48. The Kier molecular flexibility index (Phi) is 5.67. The van der Waals surface area contributed by atoms with Crippen LogP contribution in [0.3, 0.4) is 0 Å². The molecule has 1 fully saturated rings. The van der Waals surface area contributed by atoms with Crippen molar-refractivity contribution in [3.63, 3.8) is 0 Å². The first-order valence-electron chi connectivity index (χ1n) is 10.3. The third-order valence-corrected chi connectivity index (χ3v) is 6.92. The molecule has 31 heavy (non-hydrogen) atoms. The van der Waals surface area contributed by atoms with Gasteiger partial charge in [0.2, 0.25) is 0 Å². The molecule has 0 radical (unpaired) electrons. The Morgan fingerprint density at radius 1 is 1.03 bits per heavy atom. The highest BCUT2D eigenvalue weighted by molar-refractivity contribution is 9.10. The molecule has 2 aromatic carbocycles. The molecular weight excluding hydrogens is 520 g/mol. The molecular formula is C25H20Br2N2O2. The Hall–Kier alpha value is -2.44. The number of carbonyl (C=O) groups is 1. The van der Waals surface area contributed by atoms with E-state index in [9.17, 15) is 4.79 Å². The van der Waals surface area contributed by atoms with E-state index in [1.165, 1.54) is 11.8 Å². The summed E-state index contributed by atoms with van der Waals surface area (Å²) in [6.07, 6.45) is 6.76. The van der Waals surface area contributed by atoms with Gasteiger partial charge in [0.15, 0.2) is 5.76 Å². The second-order valence-electron chi connectivity index (χ2n) is 7.83. The summed E-state index contributed by atoms with van der Waals surface area (Å²) in [6.45, 7) is 0. The molecule has 1 aliphatic carbocycles. The van der Waals surface area contributed by atoms with Crippen molar-refractivity contribution in [3.8, 4) is 0 Å². The third-order valence-electron chi connectivity index (χ3n) is 5.86. The van der Waals surface area contributed by atoms with Crippen LogP contribution in [0.4, 0.5) is 0 Å². The van der Waals surface area contributed by atoms with Crippen LogP contribution in [-0.4, -0.2) is 16.6 Å². The fraction of sp³-hybridized carbons (Fsp3) is 0.200. The van der Waals surface area contributed by atoms with Crippen LogP contribution >= 0.6 is 31.9 Å². The SMILES string of the molecule is O=C(c1ccco1)N1N=C2/C(=C\c3ccc(Br)cc3)CCC[C@@H]2[C@@H]1c1ccc(Br)cc1. The van der Waals surface area contributed by atoms with Crippen molar-refractivity contribution >= 4 is 49.6 Å². The van der Waals surface area contributed by atoms with E-state index in [4.69, 9.17) is 9.52 Å². The highest BCUT2D eigenvalue weighted by Crippen LogP contribution is 2.45. The molecule has 1 saturated carbocycles. The number of rotatable bonds is 3. The molecule has 4 nitrogen and oxygen atoms in total. The Morgan fingerprint density at radius 3 is 2.42 bits per heavy atom. The maximum Gasteiger partial charge on any atom is 0.310 e. The summed E-state index contributed by atoms with van der Waals surface area (Å²) in [7, 11) is 0. The van der Waals surface area contributed by atoms with Crippen LogP contribution in [-0.2, 0) is 0 Å². The predicted molar refractivity (Wildman–Crippen MR) is 129 cm³/mol. The summed E-state index contributed by atoms with van der Waals surface area (Å²) in [4.78, 5) is 13.3. The lowest BCUT2D eigenvalue weighted by molar-refractivity contribution is 0.0648. The number of hydrogen-bond acceptors (Lipinski definition) is 3. The number of allylic oxidation sites excluding steroid dienone is 1. The number of fused-ring (bicyclic) bond motifs is 1. The van der Waals surface area contributed by atoms with Crippen LogP contribution in [0.2, 0.25) is 0 Å². The largest absolute Gasteiger partial charge is 0.459 e. The highest BCUT2D eigenvalue weighted by atomic mass is 79.9. The predicted octanol–water partition coefficient (Wildman–Crippen LogP) is 7.24. The van der Waals surface area contributed by atoms with Crippen LogP contribution in [0.5, 0.6) is 0 Å². The Labute approximate surface area is 197 Å². The van der Waals surface area contributed by atoms with E-state index in [2.05, 4.69) is 62.2 Å². The highest BCUT2D eigenvalue weighted by Gasteiger charge is 2.44. The number of nitrogens with zero attached hydrogens (tertiary/aromatic N) is 2. The summed E-state index contributed by atoms with van der Waals surface area (Å²) in [5.41, 5.74) is 4.44. The van der Waals surface area contributed by atoms with Gasteiger partial charge in [-0.15, -0.1) is 0 Å². The summed E-state index contributed by atoms with van der Waals surface area (Å²) in [5, 5.41) is 6.52. The topological polar surface area (TPSA) is 45.8 Å². The van der Waals surface area contributed by atoms with Crippen molar-refractivity contribution < 1.29 is 9.21 Å². The van der Waals surface area contributed by atoms with Crippen molar-refractivity contribution in [1.82, 2.24) is 5.01 Å². The molecule has 1 amide bonds. The quantitative estimate of drug-likeness (QED) is 0.352. The smallest absolute Gasteiger partial charge is 0.310 e. The van der Waals surface area contributed by atoms with Crippen LogP contribution in [0.1, 0.15) is 47.0 Å². The first kappa shape index (κ1) is 20.5. The Bertz CT molecular complexity index is 1150. The third kappa shape index (κ3) is 4.06. The number of carbonyl (C=O) groups excluding carboxylic acids is 1. The van der Waals surface area contributed by atoms with Gasteiger partial charge >= 0.3 is 5.91 Å². The molecule has 0 unspecified atom stereocenters. The van der Waals surface area contributed by atoms with Gasteiger partial charge in [-0.3, -0.25) is 4.79 Å². The summed E-state index contributed by atoms with van der Waals surface area (Å²) >= 11 is 7.01. The van der Waals surface area contributed by atoms with Crippen LogP contribution in [0, 0.1) is 5.92 Å². The average molecular weight is 540 g/mol. The lowest BCUT2D eigenvalue weighted by Gasteiger charge is -2.29. The first-order chi connectivity index (χ1) is 15.1. The fourth-order valence-electron chi connectivity index (χ4n) is 4.43. The minimum atomic E-state index is -0.206. The molecule has 2 aliphatic rings. The molecule has 3 aromatic rings. The van der Waals surface area contributed by atoms with Gasteiger partial charge in [-0.25, -0.2) is 5.01 Å². The molecule has 5 rings (SSSR count). The lowest BCUT2D eigenvalue weighted by atomic mass is 9.77. The molecule has 0 spiro atoms. The van der Waals surface area contributed by atoms with Crippen molar-refractivity contribution in [2.24, 2.45) is 11.0 Å². The number of hydrazone groups is 1. The van der Waals surface area contributed by atoms with E-state index < -0.39 is 0 Å². The monoisotopic (exact) mass is 538 g/mol. The van der Waals surface area contributed by atoms with Crippen LogP contribution in [0.25, 0.3) is 6.08 Å². The van der Waals surface area contributed by atoms with Gasteiger partial charge in [0.1, 0.15) is 0 Å². The molecule has 1 aliphatic heterocycles. The van der Waals surface area contributed by atoms with Gasteiger partial charge in [-0.05, 0) is 78.4 Å². The molecule has 0 bridgehead atoms.